The first-order chi connectivity index (χ1) is 8.20. The fourth-order valence-corrected chi connectivity index (χ4v) is 1.44. The van der Waals surface area contributed by atoms with Gasteiger partial charge in [-0.15, -0.1) is 0 Å². The van der Waals surface area contributed by atoms with Crippen molar-refractivity contribution in [2.45, 2.75) is 39.0 Å². The van der Waals surface area contributed by atoms with Crippen molar-refractivity contribution >= 4 is 0 Å². The van der Waals surface area contributed by atoms with E-state index < -0.39 is 0 Å². The maximum atomic E-state index is 9.28. The quantitative estimate of drug-likeness (QED) is 0.679. The summed E-state index contributed by atoms with van der Waals surface area (Å²) in [5.74, 6) is 0. The number of nitrogens with one attached hydrogen (secondary N) is 1. The Labute approximate surface area is 104 Å². The number of aliphatic hydroxyl groups is 1. The Morgan fingerprint density at radius 2 is 1.94 bits per heavy atom. The summed E-state index contributed by atoms with van der Waals surface area (Å²) in [6.07, 6.45) is 0.657. The minimum Gasteiger partial charge on any atom is -0.392 e. The summed E-state index contributed by atoms with van der Waals surface area (Å²) >= 11 is 0. The molecule has 3 nitrogen and oxygen atoms in total. The number of rotatable bonds is 8. The van der Waals surface area contributed by atoms with Crippen molar-refractivity contribution in [1.29, 1.82) is 0 Å². The molecule has 0 amide bonds. The van der Waals surface area contributed by atoms with E-state index in [0.717, 1.165) is 19.6 Å². The largest absolute Gasteiger partial charge is 0.392 e. The highest BCUT2D eigenvalue weighted by Gasteiger charge is 2.06. The first-order valence-corrected chi connectivity index (χ1v) is 6.23. The van der Waals surface area contributed by atoms with Gasteiger partial charge in [0.15, 0.2) is 0 Å². The van der Waals surface area contributed by atoms with E-state index in [1.807, 2.05) is 25.1 Å². The molecule has 2 atom stereocenters. The Morgan fingerprint density at radius 1 is 1.24 bits per heavy atom. The van der Waals surface area contributed by atoms with Crippen molar-refractivity contribution in [3.05, 3.63) is 35.9 Å². The van der Waals surface area contributed by atoms with Crippen LogP contribution in [0.5, 0.6) is 0 Å². The Morgan fingerprint density at radius 3 is 2.59 bits per heavy atom. The average Bonchev–Trinajstić information content (AvgIpc) is 2.34. The summed E-state index contributed by atoms with van der Waals surface area (Å²) in [4.78, 5) is 0. The summed E-state index contributed by atoms with van der Waals surface area (Å²) in [5, 5.41) is 12.5. The Bertz CT molecular complexity index is 288. The van der Waals surface area contributed by atoms with Crippen molar-refractivity contribution < 1.29 is 9.84 Å². The molecule has 0 heterocycles. The van der Waals surface area contributed by atoms with Crippen molar-refractivity contribution in [3.8, 4) is 0 Å². The van der Waals surface area contributed by atoms with Crippen LogP contribution in [-0.2, 0) is 11.3 Å². The second-order valence-electron chi connectivity index (χ2n) is 4.38. The zero-order valence-corrected chi connectivity index (χ0v) is 10.7. The molecular formula is C14H23NO2. The number of aliphatic hydroxyl groups excluding tert-OH is 1. The van der Waals surface area contributed by atoms with E-state index in [1.165, 1.54) is 5.56 Å². The monoisotopic (exact) mass is 237 g/mol. The standard InChI is InChI=1S/C14H23NO2/c1-12(13(2)16)15-9-6-10-17-11-14-7-4-3-5-8-14/h3-5,7-8,12-13,15-16H,6,9-11H2,1-2H3. The topological polar surface area (TPSA) is 41.5 Å². The van der Waals surface area contributed by atoms with Crippen LogP contribution in [0.15, 0.2) is 30.3 Å². The lowest BCUT2D eigenvalue weighted by Gasteiger charge is -2.16. The predicted octanol–water partition coefficient (Wildman–Crippen LogP) is 1.95. The van der Waals surface area contributed by atoms with Crippen molar-refractivity contribution in [3.63, 3.8) is 0 Å². The molecule has 1 aromatic carbocycles. The van der Waals surface area contributed by atoms with Crippen molar-refractivity contribution in [2.75, 3.05) is 13.2 Å². The average molecular weight is 237 g/mol. The van der Waals surface area contributed by atoms with E-state index in [1.54, 1.807) is 6.92 Å². The third kappa shape index (κ3) is 6.41. The molecule has 0 aliphatic rings. The minimum atomic E-state index is -0.305. The van der Waals surface area contributed by atoms with E-state index in [-0.39, 0.29) is 12.1 Å². The van der Waals surface area contributed by atoms with Crippen LogP contribution < -0.4 is 5.32 Å². The molecule has 2 N–H and O–H groups in total. The summed E-state index contributed by atoms with van der Waals surface area (Å²) in [6, 6.07) is 10.3. The van der Waals surface area contributed by atoms with Gasteiger partial charge in [0, 0.05) is 12.6 Å². The van der Waals surface area contributed by atoms with Gasteiger partial charge in [-0.2, -0.15) is 0 Å². The van der Waals surface area contributed by atoms with Crippen LogP contribution in [0.3, 0.4) is 0 Å². The summed E-state index contributed by atoms with van der Waals surface area (Å²) < 4.78 is 5.56. The predicted molar refractivity (Wildman–Crippen MR) is 69.9 cm³/mol. The summed E-state index contributed by atoms with van der Waals surface area (Å²) in [7, 11) is 0. The molecular weight excluding hydrogens is 214 g/mol. The molecule has 0 radical (unpaired) electrons. The Hall–Kier alpha value is -0.900. The normalized spacial score (nSPS) is 14.5. The van der Waals surface area contributed by atoms with Crippen LogP contribution in [0.2, 0.25) is 0 Å². The molecule has 96 valence electrons. The van der Waals surface area contributed by atoms with Crippen molar-refractivity contribution in [2.24, 2.45) is 0 Å². The van der Waals surface area contributed by atoms with Crippen molar-refractivity contribution in [1.82, 2.24) is 5.32 Å². The number of hydrogen-bond acceptors (Lipinski definition) is 3. The van der Waals surface area contributed by atoms with Gasteiger partial charge in [0.25, 0.3) is 0 Å². The lowest BCUT2D eigenvalue weighted by Crippen LogP contribution is -2.36. The zero-order valence-electron chi connectivity index (χ0n) is 10.7. The number of hydrogen-bond donors (Lipinski definition) is 2. The Kier molecular flexibility index (Phi) is 6.86. The smallest absolute Gasteiger partial charge is 0.0716 e. The van der Waals surface area contributed by atoms with E-state index in [0.29, 0.717) is 6.61 Å². The third-order valence-electron chi connectivity index (χ3n) is 2.77. The van der Waals surface area contributed by atoms with Crippen LogP contribution in [0, 0.1) is 0 Å². The molecule has 3 heteroatoms. The van der Waals surface area contributed by atoms with Crippen LogP contribution in [0.1, 0.15) is 25.8 Å². The van der Waals surface area contributed by atoms with Gasteiger partial charge in [0.2, 0.25) is 0 Å². The molecule has 1 aromatic rings. The molecule has 0 aliphatic carbocycles. The molecule has 2 unspecified atom stereocenters. The van der Waals surface area contributed by atoms with Gasteiger partial charge in [-0.05, 0) is 32.4 Å². The zero-order chi connectivity index (χ0) is 12.5. The fourth-order valence-electron chi connectivity index (χ4n) is 1.44. The molecule has 0 spiro atoms. The highest BCUT2D eigenvalue weighted by molar-refractivity contribution is 5.13. The maximum absolute atomic E-state index is 9.28. The van der Waals surface area contributed by atoms with Gasteiger partial charge in [0.05, 0.1) is 12.7 Å². The fraction of sp³-hybridized carbons (Fsp3) is 0.571. The maximum Gasteiger partial charge on any atom is 0.0716 e. The van der Waals surface area contributed by atoms with Gasteiger partial charge in [-0.3, -0.25) is 0 Å². The number of ether oxygens (including phenoxy) is 1. The van der Waals surface area contributed by atoms with Gasteiger partial charge in [0.1, 0.15) is 0 Å². The van der Waals surface area contributed by atoms with E-state index in [9.17, 15) is 5.11 Å². The lowest BCUT2D eigenvalue weighted by molar-refractivity contribution is 0.113. The van der Waals surface area contributed by atoms with Gasteiger partial charge >= 0.3 is 0 Å². The molecule has 0 aromatic heterocycles. The van der Waals surface area contributed by atoms with E-state index >= 15 is 0 Å². The van der Waals surface area contributed by atoms with Crippen LogP contribution in [-0.4, -0.2) is 30.4 Å². The molecule has 17 heavy (non-hydrogen) atoms. The second-order valence-corrected chi connectivity index (χ2v) is 4.38. The first kappa shape index (κ1) is 14.2. The molecule has 0 bridgehead atoms. The Balaban J connectivity index is 1.98. The molecule has 0 fully saturated rings. The first-order valence-electron chi connectivity index (χ1n) is 6.23. The van der Waals surface area contributed by atoms with Gasteiger partial charge in [-0.1, -0.05) is 30.3 Å². The number of benzene rings is 1. The van der Waals surface area contributed by atoms with Crippen LogP contribution in [0.4, 0.5) is 0 Å². The third-order valence-corrected chi connectivity index (χ3v) is 2.77. The SMILES string of the molecule is CC(O)C(C)NCCCOCc1ccccc1. The molecule has 1 rings (SSSR count). The molecule has 0 saturated carbocycles. The summed E-state index contributed by atoms with van der Waals surface area (Å²) in [5.41, 5.74) is 1.21. The summed E-state index contributed by atoms with van der Waals surface area (Å²) in [6.45, 7) is 6.07. The highest BCUT2D eigenvalue weighted by Crippen LogP contribution is 2.00. The van der Waals surface area contributed by atoms with E-state index in [4.69, 9.17) is 4.74 Å². The van der Waals surface area contributed by atoms with Gasteiger partial charge < -0.3 is 15.2 Å². The van der Waals surface area contributed by atoms with Crippen LogP contribution >= 0.6 is 0 Å². The highest BCUT2D eigenvalue weighted by atomic mass is 16.5. The van der Waals surface area contributed by atoms with Gasteiger partial charge in [-0.25, -0.2) is 0 Å². The minimum absolute atomic E-state index is 0.143. The van der Waals surface area contributed by atoms with Crippen LogP contribution in [0.25, 0.3) is 0 Å². The second kappa shape index (κ2) is 8.23. The molecule has 0 saturated heterocycles. The molecule has 0 aliphatic heterocycles. The lowest BCUT2D eigenvalue weighted by atomic mass is 10.2. The van der Waals surface area contributed by atoms with E-state index in [2.05, 4.69) is 17.4 Å².